The average Bonchev–Trinajstić information content (AvgIpc) is 3.67. The van der Waals surface area contributed by atoms with Crippen LogP contribution in [0.15, 0.2) is 36.8 Å². The first-order chi connectivity index (χ1) is 25.5. The van der Waals surface area contributed by atoms with Gasteiger partial charge < -0.3 is 9.72 Å². The molecule has 0 aliphatic heterocycles. The average molecular weight is 726 g/mol. The van der Waals surface area contributed by atoms with Crippen molar-refractivity contribution in [3.05, 3.63) is 42.5 Å². The van der Waals surface area contributed by atoms with Crippen LogP contribution in [-0.2, 0) is 25.5 Å². The van der Waals surface area contributed by atoms with E-state index in [0.29, 0.717) is 18.5 Å². The van der Waals surface area contributed by atoms with Crippen molar-refractivity contribution in [1.82, 2.24) is 14.9 Å². The minimum atomic E-state index is -1.03. The van der Waals surface area contributed by atoms with Crippen LogP contribution in [0, 0.1) is 0 Å². The molecule has 298 valence electrons. The lowest BCUT2D eigenvalue weighted by Crippen LogP contribution is -2.50. The number of imide groups is 1. The molecular weight excluding hydrogens is 647 g/mol. The minimum absolute atomic E-state index is 0.152. The highest BCUT2D eigenvalue weighted by atomic mass is 16.5. The van der Waals surface area contributed by atoms with E-state index in [0.717, 1.165) is 56.3 Å². The zero-order valence-electron chi connectivity index (χ0n) is 34.0. The summed E-state index contributed by atoms with van der Waals surface area (Å²) >= 11 is 0. The lowest BCUT2D eigenvalue weighted by molar-refractivity contribution is -0.160. The third kappa shape index (κ3) is 26.1. The summed E-state index contributed by atoms with van der Waals surface area (Å²) < 4.78 is 5.50. The Morgan fingerprint density at radius 3 is 1.56 bits per heavy atom. The van der Waals surface area contributed by atoms with Crippen molar-refractivity contribution in [3.8, 4) is 0 Å². The third-order valence-electron chi connectivity index (χ3n) is 9.89. The van der Waals surface area contributed by atoms with Crippen molar-refractivity contribution < 1.29 is 19.1 Å². The van der Waals surface area contributed by atoms with Crippen LogP contribution in [0.1, 0.15) is 213 Å². The van der Waals surface area contributed by atoms with Gasteiger partial charge in [0, 0.05) is 24.7 Å². The van der Waals surface area contributed by atoms with Gasteiger partial charge in [0.1, 0.15) is 6.04 Å². The molecule has 0 bridgehead atoms. The zero-order chi connectivity index (χ0) is 37.7. The van der Waals surface area contributed by atoms with Gasteiger partial charge in [0.05, 0.1) is 12.9 Å². The van der Waals surface area contributed by atoms with Crippen molar-refractivity contribution in [1.29, 1.82) is 0 Å². The maximum atomic E-state index is 13.7. The number of hydrogen-bond acceptors (Lipinski definition) is 5. The Bertz CT molecular complexity index is 1040. The van der Waals surface area contributed by atoms with Crippen LogP contribution in [0.4, 0.5) is 0 Å². The summed E-state index contributed by atoms with van der Waals surface area (Å²) in [6.07, 6.45) is 45.2. The summed E-state index contributed by atoms with van der Waals surface area (Å²) in [7, 11) is 0. The molecule has 0 fully saturated rings. The van der Waals surface area contributed by atoms with E-state index in [9.17, 15) is 14.4 Å². The smallest absolute Gasteiger partial charge is 0.329 e. The van der Waals surface area contributed by atoms with Crippen molar-refractivity contribution in [2.75, 3.05) is 6.61 Å². The van der Waals surface area contributed by atoms with Crippen molar-refractivity contribution in [2.24, 2.45) is 0 Å². The van der Waals surface area contributed by atoms with Crippen LogP contribution in [-0.4, -0.2) is 45.3 Å². The SMILES string of the molecule is CCCCCCCC/C=C\CCCCCCCC(=O)N(C(=O)C=CCCCCCCCCCCCCCCC)[C@@H](Cc1cnc[nH]1)C(=O)OCCC. The molecule has 1 aromatic heterocycles. The molecule has 1 aromatic rings. The lowest BCUT2D eigenvalue weighted by Gasteiger charge is -2.27. The van der Waals surface area contributed by atoms with Crippen LogP contribution in [0.2, 0.25) is 0 Å². The van der Waals surface area contributed by atoms with E-state index in [-0.39, 0.29) is 25.4 Å². The maximum Gasteiger partial charge on any atom is 0.329 e. The number of allylic oxidation sites excluding steroid dienone is 3. The molecule has 1 rings (SSSR count). The van der Waals surface area contributed by atoms with E-state index in [1.807, 2.05) is 13.0 Å². The number of hydrogen-bond donors (Lipinski definition) is 1. The molecule has 0 unspecified atom stereocenters. The van der Waals surface area contributed by atoms with Crippen molar-refractivity contribution in [3.63, 3.8) is 0 Å². The fourth-order valence-electron chi connectivity index (χ4n) is 6.65. The number of aromatic amines is 1. The summed E-state index contributed by atoms with van der Waals surface area (Å²) in [5.41, 5.74) is 0.682. The molecule has 1 heterocycles. The first-order valence-electron chi connectivity index (χ1n) is 21.9. The second kappa shape index (κ2) is 35.3. The molecule has 2 amide bonds. The van der Waals surface area contributed by atoms with Crippen LogP contribution in [0.3, 0.4) is 0 Å². The predicted octanol–water partition coefficient (Wildman–Crippen LogP) is 12.7. The first kappa shape index (κ1) is 47.3. The molecule has 1 atom stereocenters. The maximum absolute atomic E-state index is 13.7. The molecule has 0 radical (unpaired) electrons. The number of carbonyl (C=O) groups excluding carboxylic acids is 3. The third-order valence-corrected chi connectivity index (χ3v) is 9.89. The van der Waals surface area contributed by atoms with Gasteiger partial charge >= 0.3 is 5.97 Å². The number of amides is 2. The first-order valence-corrected chi connectivity index (χ1v) is 21.9. The Hall–Kier alpha value is -2.70. The van der Waals surface area contributed by atoms with Gasteiger partial charge in [0.2, 0.25) is 5.91 Å². The van der Waals surface area contributed by atoms with Crippen LogP contribution >= 0.6 is 0 Å². The summed E-state index contributed by atoms with van der Waals surface area (Å²) in [5.74, 6) is -1.30. The molecule has 0 aromatic carbocycles. The molecule has 0 saturated carbocycles. The van der Waals surface area contributed by atoms with Crippen LogP contribution < -0.4 is 0 Å². The fourth-order valence-corrected chi connectivity index (χ4v) is 6.65. The molecule has 7 heteroatoms. The molecule has 0 spiro atoms. The Morgan fingerprint density at radius 1 is 0.635 bits per heavy atom. The summed E-state index contributed by atoms with van der Waals surface area (Å²) in [5, 5.41) is 0. The van der Waals surface area contributed by atoms with Crippen molar-refractivity contribution >= 4 is 17.8 Å². The number of nitrogens with zero attached hydrogens (tertiary/aromatic N) is 2. The van der Waals surface area contributed by atoms with E-state index >= 15 is 0 Å². The minimum Gasteiger partial charge on any atom is -0.464 e. The predicted molar refractivity (Wildman–Crippen MR) is 218 cm³/mol. The number of H-pyrrole nitrogens is 1. The molecule has 1 N–H and O–H groups in total. The van der Waals surface area contributed by atoms with Gasteiger partial charge in [0.25, 0.3) is 5.91 Å². The number of ether oxygens (including phenoxy) is 1. The summed E-state index contributed by atoms with van der Waals surface area (Å²) in [4.78, 5) is 48.8. The fraction of sp³-hybridized carbons (Fsp3) is 0.778. The lowest BCUT2D eigenvalue weighted by atomic mass is 10.0. The highest BCUT2D eigenvalue weighted by Gasteiger charge is 2.35. The number of imidazole rings is 1. The Labute approximate surface area is 319 Å². The van der Waals surface area contributed by atoms with Gasteiger partial charge in [-0.3, -0.25) is 14.5 Å². The number of esters is 1. The summed E-state index contributed by atoms with van der Waals surface area (Å²) in [6.45, 7) is 6.70. The second-order valence-corrected chi connectivity index (χ2v) is 14.8. The molecule has 0 saturated heterocycles. The number of carbonyl (C=O) groups is 3. The zero-order valence-corrected chi connectivity index (χ0v) is 34.0. The summed E-state index contributed by atoms with van der Waals surface area (Å²) in [6, 6.07) is -1.03. The largest absolute Gasteiger partial charge is 0.464 e. The van der Waals surface area contributed by atoms with Gasteiger partial charge in [-0.15, -0.1) is 0 Å². The normalized spacial score (nSPS) is 12.2. The van der Waals surface area contributed by atoms with Crippen LogP contribution in [0.25, 0.3) is 0 Å². The van der Waals surface area contributed by atoms with E-state index < -0.39 is 17.9 Å². The topological polar surface area (TPSA) is 92.4 Å². The molecule has 52 heavy (non-hydrogen) atoms. The monoisotopic (exact) mass is 726 g/mol. The van der Waals surface area contributed by atoms with Crippen LogP contribution in [0.5, 0.6) is 0 Å². The van der Waals surface area contributed by atoms with E-state index in [4.69, 9.17) is 4.74 Å². The molecule has 0 aliphatic carbocycles. The highest BCUT2D eigenvalue weighted by Crippen LogP contribution is 2.17. The second-order valence-electron chi connectivity index (χ2n) is 14.8. The van der Waals surface area contributed by atoms with E-state index in [2.05, 4.69) is 36.0 Å². The molecular formula is C45H79N3O4. The standard InChI is InChI=1S/C45H79N3O4/c1-4-7-9-11-13-15-17-19-21-23-25-27-29-31-33-35-43(49)48(42(45(51)52-37-6-3)38-41-39-46-40-47-41)44(50)36-34-32-30-28-26-24-22-20-18-16-14-12-10-8-5-2/h19,21,34,36,39-40,42H,4-18,20,22-33,35,37-38H2,1-3H3,(H,46,47)/b21-19-,36-34?/t42-/m0/s1. The molecule has 0 aliphatic rings. The van der Waals surface area contributed by atoms with Gasteiger partial charge in [-0.2, -0.15) is 0 Å². The quantitative estimate of drug-likeness (QED) is 0.0322. The number of unbranched alkanes of at least 4 members (excludes halogenated alkanes) is 24. The van der Waals surface area contributed by atoms with Gasteiger partial charge in [-0.05, 0) is 57.4 Å². The Balaban J connectivity index is 2.53. The van der Waals surface area contributed by atoms with Gasteiger partial charge in [-0.25, -0.2) is 9.78 Å². The number of rotatable bonds is 36. The number of nitrogens with one attached hydrogen (secondary N) is 1. The molecule has 7 nitrogen and oxygen atoms in total. The van der Waals surface area contributed by atoms with E-state index in [1.165, 1.54) is 122 Å². The number of aromatic nitrogens is 2. The Kier molecular flexibility index (Phi) is 32.2. The van der Waals surface area contributed by atoms with Gasteiger partial charge in [-0.1, -0.05) is 167 Å². The van der Waals surface area contributed by atoms with Crippen molar-refractivity contribution in [2.45, 2.75) is 219 Å². The van der Waals surface area contributed by atoms with Gasteiger partial charge in [0.15, 0.2) is 0 Å². The highest BCUT2D eigenvalue weighted by molar-refractivity contribution is 6.04. The van der Waals surface area contributed by atoms with E-state index in [1.54, 1.807) is 12.5 Å². The Morgan fingerprint density at radius 2 is 1.10 bits per heavy atom.